The Kier molecular flexibility index (Phi) is 1.74. The number of allylic oxidation sites excluding steroid dienone is 2. The Labute approximate surface area is 95.5 Å². The maximum atomic E-state index is 12.3. The molecule has 3 rings (SSSR count). The van der Waals surface area contributed by atoms with E-state index in [0.29, 0.717) is 11.8 Å². The maximum Gasteiger partial charge on any atom is 0.234 e. The molecule has 0 spiro atoms. The number of rotatable bonds is 0. The molecule has 0 radical (unpaired) electrons. The Morgan fingerprint density at radius 3 is 1.88 bits per heavy atom. The van der Waals surface area contributed by atoms with Crippen molar-refractivity contribution in [3.63, 3.8) is 0 Å². The zero-order valence-electron chi connectivity index (χ0n) is 9.93. The van der Waals surface area contributed by atoms with Gasteiger partial charge in [0.15, 0.2) is 0 Å². The first-order valence-electron chi connectivity index (χ1n) is 5.97. The highest BCUT2D eigenvalue weighted by atomic mass is 16.2. The zero-order chi connectivity index (χ0) is 11.7. The van der Waals surface area contributed by atoms with Crippen molar-refractivity contribution in [3.8, 4) is 0 Å². The molecule has 1 heterocycles. The Morgan fingerprint density at radius 2 is 1.50 bits per heavy atom. The third-order valence-corrected chi connectivity index (χ3v) is 4.14. The Hall–Kier alpha value is -1.12. The van der Waals surface area contributed by atoms with E-state index in [4.69, 9.17) is 0 Å². The summed E-state index contributed by atoms with van der Waals surface area (Å²) in [6.07, 6.45) is 5.26. The number of carbonyl (C=O) groups is 2. The molecule has 1 aliphatic heterocycles. The topological polar surface area (TPSA) is 37.4 Å². The number of carbonyl (C=O) groups excluding carboxylic acids is 2. The molecule has 2 fully saturated rings. The van der Waals surface area contributed by atoms with Crippen molar-refractivity contribution < 1.29 is 9.59 Å². The van der Waals surface area contributed by atoms with Gasteiger partial charge < -0.3 is 0 Å². The number of likely N-dealkylation sites (tertiary alicyclic amines) is 1. The Balaban J connectivity index is 2.01. The first kappa shape index (κ1) is 10.1. The van der Waals surface area contributed by atoms with E-state index in [1.54, 1.807) is 0 Å². The predicted octanol–water partition coefficient (Wildman–Crippen LogP) is 1.59. The molecular formula is C13H17NO2. The molecule has 3 heteroatoms. The number of hydrogen-bond donors (Lipinski definition) is 0. The highest BCUT2D eigenvalue weighted by Crippen LogP contribution is 2.53. The molecule has 3 nitrogen and oxygen atoms in total. The van der Waals surface area contributed by atoms with Crippen molar-refractivity contribution in [2.45, 2.75) is 32.7 Å². The lowest BCUT2D eigenvalue weighted by atomic mass is 9.85. The second-order valence-electron chi connectivity index (χ2n) is 6.18. The van der Waals surface area contributed by atoms with Gasteiger partial charge in [0.05, 0.1) is 11.8 Å². The van der Waals surface area contributed by atoms with Crippen LogP contribution < -0.4 is 0 Å². The van der Waals surface area contributed by atoms with Crippen LogP contribution in [-0.2, 0) is 9.59 Å². The van der Waals surface area contributed by atoms with Crippen LogP contribution in [0.4, 0.5) is 0 Å². The molecule has 2 amide bonds. The number of nitrogens with zero attached hydrogens (tertiary/aromatic N) is 1. The van der Waals surface area contributed by atoms with E-state index >= 15 is 0 Å². The average Bonchev–Trinajstić information content (AvgIpc) is 2.77. The summed E-state index contributed by atoms with van der Waals surface area (Å²) in [4.78, 5) is 26.1. The minimum Gasteiger partial charge on any atom is -0.277 e. The van der Waals surface area contributed by atoms with Crippen molar-refractivity contribution in [3.05, 3.63) is 12.2 Å². The van der Waals surface area contributed by atoms with E-state index in [0.717, 1.165) is 6.42 Å². The van der Waals surface area contributed by atoms with E-state index in [9.17, 15) is 9.59 Å². The summed E-state index contributed by atoms with van der Waals surface area (Å²) in [5.41, 5.74) is -0.377. The lowest BCUT2D eigenvalue weighted by molar-refractivity contribution is -0.146. The summed E-state index contributed by atoms with van der Waals surface area (Å²) < 4.78 is 0. The van der Waals surface area contributed by atoms with Crippen LogP contribution in [0.25, 0.3) is 0 Å². The summed E-state index contributed by atoms with van der Waals surface area (Å²) in [6, 6.07) is 0. The second-order valence-corrected chi connectivity index (χ2v) is 6.18. The van der Waals surface area contributed by atoms with Crippen LogP contribution in [0.5, 0.6) is 0 Å². The maximum absolute atomic E-state index is 12.3. The quantitative estimate of drug-likeness (QED) is 0.458. The van der Waals surface area contributed by atoms with E-state index in [1.165, 1.54) is 4.90 Å². The van der Waals surface area contributed by atoms with Crippen LogP contribution >= 0.6 is 0 Å². The number of fused-ring (bicyclic) bond motifs is 5. The lowest BCUT2D eigenvalue weighted by Crippen LogP contribution is -2.46. The minimum atomic E-state index is -0.377. The fourth-order valence-electron chi connectivity index (χ4n) is 3.56. The third kappa shape index (κ3) is 1.04. The van der Waals surface area contributed by atoms with Gasteiger partial charge in [-0.15, -0.1) is 0 Å². The summed E-state index contributed by atoms with van der Waals surface area (Å²) in [5.74, 6) is 0.639. The smallest absolute Gasteiger partial charge is 0.234 e. The second kappa shape index (κ2) is 2.76. The van der Waals surface area contributed by atoms with Crippen molar-refractivity contribution in [1.29, 1.82) is 0 Å². The molecule has 0 aromatic rings. The van der Waals surface area contributed by atoms with Gasteiger partial charge >= 0.3 is 0 Å². The molecule has 0 N–H and O–H groups in total. The molecule has 0 unspecified atom stereocenters. The standard InChI is InChI=1S/C13H17NO2/c1-13(2,3)14-11(15)9-7-4-5-8(6-7)10(9)12(14)16/h4-5,7-10H,6H2,1-3H3/t7-,8-,9-,10-/m0/s1. The number of amides is 2. The fourth-order valence-corrected chi connectivity index (χ4v) is 3.56. The molecule has 1 saturated heterocycles. The van der Waals surface area contributed by atoms with Crippen LogP contribution in [0.1, 0.15) is 27.2 Å². The van der Waals surface area contributed by atoms with Gasteiger partial charge in [0.2, 0.25) is 11.8 Å². The minimum absolute atomic E-state index is 0.0540. The third-order valence-electron chi connectivity index (χ3n) is 4.14. The van der Waals surface area contributed by atoms with Gasteiger partial charge in [0, 0.05) is 5.54 Å². The average molecular weight is 219 g/mol. The molecular weight excluding hydrogens is 202 g/mol. The molecule has 16 heavy (non-hydrogen) atoms. The molecule has 86 valence electrons. The highest BCUT2D eigenvalue weighted by molar-refractivity contribution is 6.07. The predicted molar refractivity (Wildman–Crippen MR) is 59.3 cm³/mol. The number of imide groups is 1. The van der Waals surface area contributed by atoms with E-state index in [-0.39, 0.29) is 29.2 Å². The van der Waals surface area contributed by atoms with Crippen LogP contribution in [0, 0.1) is 23.7 Å². The highest BCUT2D eigenvalue weighted by Gasteiger charge is 2.60. The number of hydrogen-bond acceptors (Lipinski definition) is 2. The largest absolute Gasteiger partial charge is 0.277 e. The lowest BCUT2D eigenvalue weighted by Gasteiger charge is -2.31. The van der Waals surface area contributed by atoms with Crippen LogP contribution in [0.15, 0.2) is 12.2 Å². The van der Waals surface area contributed by atoms with E-state index in [1.807, 2.05) is 20.8 Å². The van der Waals surface area contributed by atoms with Crippen molar-refractivity contribution in [2.24, 2.45) is 23.7 Å². The zero-order valence-corrected chi connectivity index (χ0v) is 9.93. The first-order valence-corrected chi connectivity index (χ1v) is 5.97. The van der Waals surface area contributed by atoms with Gasteiger partial charge in [0.1, 0.15) is 0 Å². The molecule has 0 aromatic carbocycles. The van der Waals surface area contributed by atoms with Gasteiger partial charge in [-0.3, -0.25) is 14.5 Å². The molecule has 2 aliphatic carbocycles. The van der Waals surface area contributed by atoms with Gasteiger partial charge in [-0.25, -0.2) is 0 Å². The molecule has 1 saturated carbocycles. The first-order chi connectivity index (χ1) is 7.41. The van der Waals surface area contributed by atoms with Gasteiger partial charge in [-0.1, -0.05) is 12.2 Å². The fraction of sp³-hybridized carbons (Fsp3) is 0.692. The Bertz CT molecular complexity index is 375. The summed E-state index contributed by atoms with van der Waals surface area (Å²) in [5, 5.41) is 0. The van der Waals surface area contributed by atoms with E-state index in [2.05, 4.69) is 12.2 Å². The molecule has 4 atom stereocenters. The van der Waals surface area contributed by atoms with Gasteiger partial charge in [0.25, 0.3) is 0 Å². The van der Waals surface area contributed by atoms with Gasteiger partial charge in [-0.2, -0.15) is 0 Å². The summed E-state index contributed by atoms with van der Waals surface area (Å²) >= 11 is 0. The van der Waals surface area contributed by atoms with Crippen molar-refractivity contribution >= 4 is 11.8 Å². The van der Waals surface area contributed by atoms with E-state index < -0.39 is 0 Å². The van der Waals surface area contributed by atoms with Crippen molar-refractivity contribution in [1.82, 2.24) is 4.90 Å². The summed E-state index contributed by atoms with van der Waals surface area (Å²) in [6.45, 7) is 5.79. The van der Waals surface area contributed by atoms with Crippen molar-refractivity contribution in [2.75, 3.05) is 0 Å². The molecule has 3 aliphatic rings. The normalized spacial score (nSPS) is 41.1. The molecule has 0 aromatic heterocycles. The van der Waals surface area contributed by atoms with Crippen LogP contribution in [0.3, 0.4) is 0 Å². The monoisotopic (exact) mass is 219 g/mol. The van der Waals surface area contributed by atoms with Gasteiger partial charge in [-0.05, 0) is 39.0 Å². The SMILES string of the molecule is CC(C)(C)N1C(=O)[C@@H]2[C@@H](C1=O)[C@H]1C=C[C@H]2C1. The Morgan fingerprint density at radius 1 is 1.06 bits per heavy atom. The summed E-state index contributed by atoms with van der Waals surface area (Å²) in [7, 11) is 0. The van der Waals surface area contributed by atoms with Crippen LogP contribution in [0.2, 0.25) is 0 Å². The van der Waals surface area contributed by atoms with Crippen LogP contribution in [-0.4, -0.2) is 22.3 Å². The molecule has 2 bridgehead atoms.